The topological polar surface area (TPSA) is 58.2 Å². The fourth-order valence-corrected chi connectivity index (χ4v) is 1.56. The van der Waals surface area contributed by atoms with Crippen molar-refractivity contribution in [2.45, 2.75) is 26.2 Å². The maximum atomic E-state index is 11.6. The van der Waals surface area contributed by atoms with Gasteiger partial charge in [-0.05, 0) is 12.0 Å². The molecule has 2 amide bonds. The number of nitrogens with one attached hydrogen (secondary N) is 2. The number of carbonyl (C=O) groups is 2. The smallest absolute Gasteiger partial charge is 0.224 e. The van der Waals surface area contributed by atoms with Crippen molar-refractivity contribution in [3.05, 3.63) is 35.9 Å². The summed E-state index contributed by atoms with van der Waals surface area (Å²) < 4.78 is 0. The Labute approximate surface area is 108 Å². The lowest BCUT2D eigenvalue weighted by atomic mass is 10.1. The summed E-state index contributed by atoms with van der Waals surface area (Å²) >= 11 is 0. The summed E-state index contributed by atoms with van der Waals surface area (Å²) in [6.45, 7) is 2.92. The van der Waals surface area contributed by atoms with Gasteiger partial charge in [0.25, 0.3) is 0 Å². The molecule has 0 saturated heterocycles. The van der Waals surface area contributed by atoms with Gasteiger partial charge in [0, 0.05) is 19.5 Å². The Hall–Kier alpha value is -1.84. The van der Waals surface area contributed by atoms with Gasteiger partial charge in [-0.2, -0.15) is 0 Å². The van der Waals surface area contributed by atoms with Gasteiger partial charge in [0.15, 0.2) is 0 Å². The molecule has 4 heteroatoms. The van der Waals surface area contributed by atoms with Crippen molar-refractivity contribution in [3.8, 4) is 0 Å². The molecule has 1 aromatic carbocycles. The lowest BCUT2D eigenvalue weighted by Crippen LogP contribution is -2.35. The highest BCUT2D eigenvalue weighted by molar-refractivity contribution is 5.78. The van der Waals surface area contributed by atoms with Gasteiger partial charge in [0.2, 0.25) is 11.8 Å². The first kappa shape index (κ1) is 14.2. The second kappa shape index (κ2) is 8.28. The van der Waals surface area contributed by atoms with Crippen LogP contribution in [-0.4, -0.2) is 24.9 Å². The van der Waals surface area contributed by atoms with Gasteiger partial charge in [0.1, 0.15) is 0 Å². The first-order valence-electron chi connectivity index (χ1n) is 6.29. The van der Waals surface area contributed by atoms with E-state index in [2.05, 4.69) is 10.6 Å². The van der Waals surface area contributed by atoms with Crippen molar-refractivity contribution in [2.24, 2.45) is 0 Å². The molecule has 98 valence electrons. The number of amides is 2. The molecule has 0 heterocycles. The van der Waals surface area contributed by atoms with Crippen LogP contribution in [0.2, 0.25) is 0 Å². The van der Waals surface area contributed by atoms with Crippen LogP contribution in [0.25, 0.3) is 0 Å². The molecule has 0 saturated carbocycles. The van der Waals surface area contributed by atoms with Crippen LogP contribution in [0.3, 0.4) is 0 Å². The van der Waals surface area contributed by atoms with Crippen LogP contribution < -0.4 is 10.6 Å². The fraction of sp³-hybridized carbons (Fsp3) is 0.429. The Bertz CT molecular complexity index is 377. The van der Waals surface area contributed by atoms with Crippen molar-refractivity contribution < 1.29 is 9.59 Å². The Morgan fingerprint density at radius 3 is 2.22 bits per heavy atom. The lowest BCUT2D eigenvalue weighted by molar-refractivity contribution is -0.122. The van der Waals surface area contributed by atoms with Crippen molar-refractivity contribution in [2.75, 3.05) is 13.1 Å². The van der Waals surface area contributed by atoms with Crippen LogP contribution in [0, 0.1) is 0 Å². The molecule has 0 unspecified atom stereocenters. The van der Waals surface area contributed by atoms with E-state index in [9.17, 15) is 9.59 Å². The maximum Gasteiger partial charge on any atom is 0.224 e. The molecule has 0 radical (unpaired) electrons. The van der Waals surface area contributed by atoms with Gasteiger partial charge in [-0.3, -0.25) is 9.59 Å². The molecule has 1 aromatic rings. The van der Waals surface area contributed by atoms with Crippen molar-refractivity contribution in [1.29, 1.82) is 0 Å². The zero-order valence-electron chi connectivity index (χ0n) is 10.7. The molecule has 0 aliphatic heterocycles. The van der Waals surface area contributed by atoms with Crippen LogP contribution >= 0.6 is 0 Å². The van der Waals surface area contributed by atoms with Crippen molar-refractivity contribution in [3.63, 3.8) is 0 Å². The summed E-state index contributed by atoms with van der Waals surface area (Å²) in [5.74, 6) is 0.0146. The van der Waals surface area contributed by atoms with Gasteiger partial charge in [-0.25, -0.2) is 0 Å². The molecule has 0 spiro atoms. The summed E-state index contributed by atoms with van der Waals surface area (Å²) in [7, 11) is 0. The van der Waals surface area contributed by atoms with Crippen molar-refractivity contribution >= 4 is 11.8 Å². The molecule has 0 aliphatic rings. The van der Waals surface area contributed by atoms with E-state index < -0.39 is 0 Å². The molecule has 0 bridgehead atoms. The lowest BCUT2D eigenvalue weighted by Gasteiger charge is -2.06. The Balaban J connectivity index is 2.12. The molecule has 4 nitrogen and oxygen atoms in total. The number of hydrogen-bond acceptors (Lipinski definition) is 2. The Morgan fingerprint density at radius 2 is 1.61 bits per heavy atom. The SMILES string of the molecule is CCCC(=O)NCCNC(=O)Cc1ccccc1. The Morgan fingerprint density at radius 1 is 1.00 bits per heavy atom. The molecular weight excluding hydrogens is 228 g/mol. The predicted molar refractivity (Wildman–Crippen MR) is 71.1 cm³/mol. The monoisotopic (exact) mass is 248 g/mol. The molecular formula is C14H20N2O2. The zero-order valence-corrected chi connectivity index (χ0v) is 10.7. The molecule has 0 fully saturated rings. The summed E-state index contributed by atoms with van der Waals surface area (Å²) in [6.07, 6.45) is 1.76. The molecule has 0 aliphatic carbocycles. The summed E-state index contributed by atoms with van der Waals surface area (Å²) in [6, 6.07) is 9.58. The predicted octanol–water partition coefficient (Wildman–Crippen LogP) is 1.26. The minimum Gasteiger partial charge on any atom is -0.354 e. The maximum absolute atomic E-state index is 11.6. The molecule has 2 N–H and O–H groups in total. The average molecular weight is 248 g/mol. The van der Waals surface area contributed by atoms with Crippen LogP contribution in [0.5, 0.6) is 0 Å². The van der Waals surface area contributed by atoms with E-state index in [-0.39, 0.29) is 11.8 Å². The minimum absolute atomic E-state index is 0.0223. The highest BCUT2D eigenvalue weighted by Crippen LogP contribution is 1.98. The highest BCUT2D eigenvalue weighted by Gasteiger charge is 2.02. The molecule has 1 rings (SSSR count). The van der Waals surface area contributed by atoms with E-state index in [1.807, 2.05) is 37.3 Å². The first-order valence-corrected chi connectivity index (χ1v) is 6.29. The third kappa shape index (κ3) is 6.03. The number of benzene rings is 1. The number of rotatable bonds is 7. The third-order valence-electron chi connectivity index (χ3n) is 2.45. The standard InChI is InChI=1S/C14H20N2O2/c1-2-6-13(17)15-9-10-16-14(18)11-12-7-4-3-5-8-12/h3-5,7-8H,2,6,9-11H2,1H3,(H,15,17)(H,16,18). The molecule has 18 heavy (non-hydrogen) atoms. The molecule has 0 atom stereocenters. The number of hydrogen-bond donors (Lipinski definition) is 2. The van der Waals surface area contributed by atoms with Gasteiger partial charge in [-0.15, -0.1) is 0 Å². The number of carbonyl (C=O) groups excluding carboxylic acids is 2. The normalized spacial score (nSPS) is 9.83. The van der Waals surface area contributed by atoms with Gasteiger partial charge >= 0.3 is 0 Å². The second-order valence-electron chi connectivity index (χ2n) is 4.11. The van der Waals surface area contributed by atoms with E-state index >= 15 is 0 Å². The van der Waals surface area contributed by atoms with Crippen LogP contribution in [-0.2, 0) is 16.0 Å². The van der Waals surface area contributed by atoms with Crippen molar-refractivity contribution in [1.82, 2.24) is 10.6 Å². The van der Waals surface area contributed by atoms with Gasteiger partial charge in [-0.1, -0.05) is 37.3 Å². The first-order chi connectivity index (χ1) is 8.72. The van der Waals surface area contributed by atoms with Gasteiger partial charge in [0.05, 0.1) is 6.42 Å². The van der Waals surface area contributed by atoms with E-state index in [4.69, 9.17) is 0 Å². The minimum atomic E-state index is -0.0223. The van der Waals surface area contributed by atoms with Crippen LogP contribution in [0.15, 0.2) is 30.3 Å². The fourth-order valence-electron chi connectivity index (χ4n) is 1.56. The van der Waals surface area contributed by atoms with Crippen LogP contribution in [0.1, 0.15) is 25.3 Å². The summed E-state index contributed by atoms with van der Waals surface area (Å²) in [4.78, 5) is 22.7. The largest absolute Gasteiger partial charge is 0.354 e. The van der Waals surface area contributed by atoms with E-state index in [0.29, 0.717) is 25.9 Å². The van der Waals surface area contributed by atoms with E-state index in [0.717, 1.165) is 12.0 Å². The molecule has 0 aromatic heterocycles. The second-order valence-corrected chi connectivity index (χ2v) is 4.11. The van der Waals surface area contributed by atoms with Gasteiger partial charge < -0.3 is 10.6 Å². The third-order valence-corrected chi connectivity index (χ3v) is 2.45. The van der Waals surface area contributed by atoms with Crippen LogP contribution in [0.4, 0.5) is 0 Å². The quantitative estimate of drug-likeness (QED) is 0.714. The average Bonchev–Trinajstić information content (AvgIpc) is 2.36. The summed E-state index contributed by atoms with van der Waals surface area (Å²) in [5, 5.41) is 5.52. The van der Waals surface area contributed by atoms with E-state index in [1.54, 1.807) is 0 Å². The van der Waals surface area contributed by atoms with E-state index in [1.165, 1.54) is 0 Å². The summed E-state index contributed by atoms with van der Waals surface area (Å²) in [5.41, 5.74) is 0.991. The zero-order chi connectivity index (χ0) is 13.2. The highest BCUT2D eigenvalue weighted by atomic mass is 16.2. The Kier molecular flexibility index (Phi) is 6.54.